The van der Waals surface area contributed by atoms with Crippen molar-refractivity contribution >= 4 is 20.6 Å². The van der Waals surface area contributed by atoms with E-state index in [0.29, 0.717) is 11.5 Å². The Labute approximate surface area is 215 Å². The van der Waals surface area contributed by atoms with Crippen LogP contribution in [0, 0.1) is 6.92 Å². The molecule has 1 unspecified atom stereocenters. The highest BCUT2D eigenvalue weighted by atomic mass is 32.2. The third kappa shape index (κ3) is 5.80. The van der Waals surface area contributed by atoms with Gasteiger partial charge in [-0.15, -0.1) is 0 Å². The van der Waals surface area contributed by atoms with E-state index >= 15 is 0 Å². The second-order valence-corrected chi connectivity index (χ2v) is 11.3. The van der Waals surface area contributed by atoms with Gasteiger partial charge in [0.2, 0.25) is 0 Å². The van der Waals surface area contributed by atoms with Gasteiger partial charge in [-0.25, -0.2) is 8.42 Å². The third-order valence-electron chi connectivity index (χ3n) is 6.90. The molecule has 0 aliphatic heterocycles. The molecular weight excluding hydrogens is 466 g/mol. The van der Waals surface area contributed by atoms with Crippen LogP contribution in [-0.2, 0) is 9.84 Å². The molecule has 5 heteroatoms. The maximum atomic E-state index is 12.1. The molecule has 0 fully saturated rings. The van der Waals surface area contributed by atoms with Crippen LogP contribution in [-0.4, -0.2) is 45.8 Å². The predicted molar refractivity (Wildman–Crippen MR) is 149 cm³/mol. The minimum absolute atomic E-state index is 0.0468. The molecule has 0 saturated carbocycles. The first-order chi connectivity index (χ1) is 17.3. The number of fused-ring (bicyclic) bond motifs is 1. The Bertz CT molecular complexity index is 1420. The van der Waals surface area contributed by atoms with Crippen molar-refractivity contribution in [1.82, 2.24) is 4.90 Å². The molecule has 4 aromatic rings. The van der Waals surface area contributed by atoms with E-state index in [-0.39, 0.29) is 5.92 Å². The molecule has 36 heavy (non-hydrogen) atoms. The first-order valence-electron chi connectivity index (χ1n) is 12.5. The normalized spacial score (nSPS) is 12.7. The summed E-state index contributed by atoms with van der Waals surface area (Å²) < 4.78 is 30.2. The Balaban J connectivity index is 1.75. The Kier molecular flexibility index (Phi) is 8.12. The van der Waals surface area contributed by atoms with Gasteiger partial charge < -0.3 is 9.64 Å². The number of sulfone groups is 1. The van der Waals surface area contributed by atoms with Crippen molar-refractivity contribution in [2.24, 2.45) is 0 Å². The molecule has 0 aliphatic rings. The van der Waals surface area contributed by atoms with Crippen LogP contribution in [0.15, 0.2) is 89.8 Å². The summed E-state index contributed by atoms with van der Waals surface area (Å²) in [5.74, 6) is 0.821. The number of hydrogen-bond acceptors (Lipinski definition) is 4. The van der Waals surface area contributed by atoms with Gasteiger partial charge in [-0.05, 0) is 77.3 Å². The van der Waals surface area contributed by atoms with Gasteiger partial charge in [0, 0.05) is 18.7 Å². The van der Waals surface area contributed by atoms with Crippen LogP contribution >= 0.6 is 0 Å². The maximum absolute atomic E-state index is 12.1. The molecule has 4 rings (SSSR count). The van der Waals surface area contributed by atoms with Gasteiger partial charge in [0.15, 0.2) is 9.84 Å². The molecule has 0 heterocycles. The van der Waals surface area contributed by atoms with E-state index < -0.39 is 9.84 Å². The van der Waals surface area contributed by atoms with Crippen LogP contribution in [0.4, 0.5) is 0 Å². The molecule has 0 spiro atoms. The van der Waals surface area contributed by atoms with Gasteiger partial charge in [-0.1, -0.05) is 74.5 Å². The van der Waals surface area contributed by atoms with Crippen LogP contribution in [0.25, 0.3) is 10.8 Å². The molecule has 0 amide bonds. The quantitative estimate of drug-likeness (QED) is 0.234. The zero-order valence-corrected chi connectivity index (χ0v) is 22.4. The Hall–Kier alpha value is -3.15. The first-order valence-corrected chi connectivity index (χ1v) is 14.4. The molecule has 0 N–H and O–H groups in total. The second kappa shape index (κ2) is 11.3. The molecule has 4 nitrogen and oxygen atoms in total. The number of rotatable bonds is 10. The number of ether oxygens (including phenoxy) is 1. The smallest absolute Gasteiger partial charge is 0.175 e. The van der Waals surface area contributed by atoms with E-state index in [9.17, 15) is 8.42 Å². The second-order valence-electron chi connectivity index (χ2n) is 9.24. The van der Waals surface area contributed by atoms with E-state index in [1.807, 2.05) is 18.2 Å². The number of benzene rings is 4. The summed E-state index contributed by atoms with van der Waals surface area (Å²) in [6.07, 6.45) is 1.24. The maximum Gasteiger partial charge on any atom is 0.175 e. The summed E-state index contributed by atoms with van der Waals surface area (Å²) >= 11 is 0. The van der Waals surface area contributed by atoms with Gasteiger partial charge >= 0.3 is 0 Å². The van der Waals surface area contributed by atoms with Gasteiger partial charge in [0.25, 0.3) is 0 Å². The monoisotopic (exact) mass is 501 g/mol. The summed E-state index contributed by atoms with van der Waals surface area (Å²) in [6.45, 7) is 10.0. The minimum atomic E-state index is -3.26. The van der Waals surface area contributed by atoms with Crippen LogP contribution in [0.2, 0.25) is 0 Å². The van der Waals surface area contributed by atoms with Crippen LogP contribution < -0.4 is 4.74 Å². The molecule has 0 aliphatic carbocycles. The van der Waals surface area contributed by atoms with Gasteiger partial charge in [-0.2, -0.15) is 0 Å². The standard InChI is InChI=1S/C31H35NO3S/c1-5-32(6-2)20-21-35-26-16-19-28(23(3)22-26)31(25-14-17-27(18-15-25)36(4,33)34)30-13-9-11-24-10-7-8-12-29(24)30/h7-19,22,31H,5-6,20-21H2,1-4H3. The first kappa shape index (κ1) is 25.9. The fourth-order valence-electron chi connectivity index (χ4n) is 4.83. The average molecular weight is 502 g/mol. The number of aryl methyl sites for hydroxylation is 1. The molecule has 188 valence electrons. The molecule has 0 radical (unpaired) electrons. The van der Waals surface area contributed by atoms with Crippen LogP contribution in [0.5, 0.6) is 5.75 Å². The van der Waals surface area contributed by atoms with Gasteiger partial charge in [0.05, 0.1) is 4.90 Å². The van der Waals surface area contributed by atoms with Gasteiger partial charge in [0.1, 0.15) is 12.4 Å². The number of hydrogen-bond donors (Lipinski definition) is 0. The summed E-state index contributed by atoms with van der Waals surface area (Å²) in [5, 5.41) is 2.37. The zero-order valence-electron chi connectivity index (χ0n) is 21.6. The van der Waals surface area contributed by atoms with Crippen molar-refractivity contribution in [3.8, 4) is 5.75 Å². The van der Waals surface area contributed by atoms with E-state index in [1.165, 1.54) is 28.2 Å². The lowest BCUT2D eigenvalue weighted by Crippen LogP contribution is -2.27. The van der Waals surface area contributed by atoms with Crippen molar-refractivity contribution in [3.05, 3.63) is 107 Å². The highest BCUT2D eigenvalue weighted by Crippen LogP contribution is 2.38. The SMILES string of the molecule is CCN(CC)CCOc1ccc(C(c2ccc(S(C)(=O)=O)cc2)c2cccc3ccccc23)c(C)c1. The lowest BCUT2D eigenvalue weighted by atomic mass is 9.81. The minimum Gasteiger partial charge on any atom is -0.492 e. The van der Waals surface area contributed by atoms with Crippen LogP contribution in [0.3, 0.4) is 0 Å². The fraction of sp³-hybridized carbons (Fsp3) is 0.290. The molecular formula is C31H35NO3S. The Morgan fingerprint density at radius 1 is 0.833 bits per heavy atom. The van der Waals surface area contributed by atoms with E-state index in [0.717, 1.165) is 36.5 Å². The van der Waals surface area contributed by atoms with Crippen molar-refractivity contribution < 1.29 is 13.2 Å². The van der Waals surface area contributed by atoms with E-state index in [4.69, 9.17) is 4.74 Å². The largest absolute Gasteiger partial charge is 0.492 e. The Morgan fingerprint density at radius 3 is 2.19 bits per heavy atom. The lowest BCUT2D eigenvalue weighted by Gasteiger charge is -2.23. The molecule has 1 atom stereocenters. The molecule has 0 aromatic heterocycles. The fourth-order valence-corrected chi connectivity index (χ4v) is 5.46. The number of nitrogens with zero attached hydrogens (tertiary/aromatic N) is 1. The average Bonchev–Trinajstić information content (AvgIpc) is 2.88. The highest BCUT2D eigenvalue weighted by molar-refractivity contribution is 7.90. The third-order valence-corrected chi connectivity index (χ3v) is 8.03. The molecule has 0 bridgehead atoms. The topological polar surface area (TPSA) is 46.6 Å². The molecule has 0 saturated heterocycles. The number of likely N-dealkylation sites (N-methyl/N-ethyl adjacent to an activating group) is 1. The summed E-state index contributed by atoms with van der Waals surface area (Å²) in [5.41, 5.74) is 4.56. The van der Waals surface area contributed by atoms with Crippen molar-refractivity contribution in [1.29, 1.82) is 0 Å². The summed E-state index contributed by atoms with van der Waals surface area (Å²) in [6, 6.07) is 28.4. The summed E-state index contributed by atoms with van der Waals surface area (Å²) in [7, 11) is -3.26. The van der Waals surface area contributed by atoms with Crippen LogP contribution in [0.1, 0.15) is 42.0 Å². The predicted octanol–water partition coefficient (Wildman–Crippen LogP) is 6.45. The van der Waals surface area contributed by atoms with E-state index in [2.05, 4.69) is 80.3 Å². The summed E-state index contributed by atoms with van der Waals surface area (Å²) in [4.78, 5) is 2.68. The lowest BCUT2D eigenvalue weighted by molar-refractivity contribution is 0.222. The molecule has 4 aromatic carbocycles. The zero-order chi connectivity index (χ0) is 25.7. The van der Waals surface area contributed by atoms with Crippen molar-refractivity contribution in [3.63, 3.8) is 0 Å². The van der Waals surface area contributed by atoms with Crippen molar-refractivity contribution in [2.45, 2.75) is 31.6 Å². The highest BCUT2D eigenvalue weighted by Gasteiger charge is 2.22. The van der Waals surface area contributed by atoms with Gasteiger partial charge in [-0.3, -0.25) is 0 Å². The van der Waals surface area contributed by atoms with E-state index in [1.54, 1.807) is 12.1 Å². The van der Waals surface area contributed by atoms with Crippen molar-refractivity contribution in [2.75, 3.05) is 32.5 Å². The Morgan fingerprint density at radius 2 is 1.53 bits per heavy atom.